The van der Waals surface area contributed by atoms with Gasteiger partial charge in [-0.05, 0) is 60.8 Å². The normalized spacial score (nSPS) is 12.6. The molecule has 0 saturated carbocycles. The van der Waals surface area contributed by atoms with Gasteiger partial charge in [-0.15, -0.1) is 0 Å². The van der Waals surface area contributed by atoms with E-state index < -0.39 is 5.60 Å². The Labute approximate surface area is 173 Å². The number of methoxy groups -OCH3 is 2. The SMILES string of the molecule is CCCC(Nc1nc(C)nc(Oc2c(Br)cc(C(C)(C)O)cc2OC)n1)OC. The summed E-state index contributed by atoms with van der Waals surface area (Å²) in [5, 5.41) is 13.4. The lowest BCUT2D eigenvalue weighted by Gasteiger charge is -2.21. The first-order valence-corrected chi connectivity index (χ1v) is 9.77. The Kier molecular flexibility index (Phi) is 7.56. The van der Waals surface area contributed by atoms with Gasteiger partial charge in [-0.3, -0.25) is 0 Å². The molecule has 2 N–H and O–H groups in total. The molecule has 0 spiro atoms. The van der Waals surface area contributed by atoms with E-state index in [-0.39, 0.29) is 12.2 Å². The zero-order valence-electron chi connectivity index (χ0n) is 17.0. The molecule has 2 aromatic rings. The molecule has 2 rings (SSSR count). The van der Waals surface area contributed by atoms with Gasteiger partial charge in [0.15, 0.2) is 11.5 Å². The molecule has 154 valence electrons. The standard InChI is InChI=1S/C19H27BrN4O4/c1-7-8-15(27-6)23-17-21-11(2)22-18(24-17)28-16-13(20)9-12(19(3,4)25)10-14(16)26-5/h9-10,15,25H,7-8H2,1-6H3,(H,21,22,23,24). The fraction of sp³-hybridized carbons (Fsp3) is 0.526. The number of aliphatic hydroxyl groups is 1. The minimum Gasteiger partial charge on any atom is -0.493 e. The Balaban J connectivity index is 2.35. The van der Waals surface area contributed by atoms with Crippen LogP contribution in [-0.4, -0.2) is 40.5 Å². The quantitative estimate of drug-likeness (QED) is 0.544. The monoisotopic (exact) mass is 454 g/mol. The van der Waals surface area contributed by atoms with Crippen molar-refractivity contribution in [2.45, 2.75) is 52.4 Å². The number of nitrogens with one attached hydrogen (secondary N) is 1. The van der Waals surface area contributed by atoms with E-state index in [1.54, 1.807) is 40.0 Å². The maximum Gasteiger partial charge on any atom is 0.327 e. The molecule has 0 radical (unpaired) electrons. The molecule has 1 aromatic carbocycles. The molecule has 1 unspecified atom stereocenters. The first-order chi connectivity index (χ1) is 13.2. The third kappa shape index (κ3) is 5.76. The van der Waals surface area contributed by atoms with Gasteiger partial charge < -0.3 is 24.6 Å². The van der Waals surface area contributed by atoms with Crippen molar-refractivity contribution in [3.8, 4) is 17.5 Å². The summed E-state index contributed by atoms with van der Waals surface area (Å²) >= 11 is 3.47. The lowest BCUT2D eigenvalue weighted by molar-refractivity contribution is 0.0782. The van der Waals surface area contributed by atoms with Gasteiger partial charge in [0.2, 0.25) is 5.95 Å². The number of ether oxygens (including phenoxy) is 3. The summed E-state index contributed by atoms with van der Waals surface area (Å²) in [6, 6.07) is 3.61. The maximum absolute atomic E-state index is 10.3. The zero-order chi connectivity index (χ0) is 20.9. The van der Waals surface area contributed by atoms with Gasteiger partial charge in [0.1, 0.15) is 12.1 Å². The predicted molar refractivity (Wildman–Crippen MR) is 110 cm³/mol. The highest BCUT2D eigenvalue weighted by molar-refractivity contribution is 9.10. The molecule has 0 amide bonds. The highest BCUT2D eigenvalue weighted by atomic mass is 79.9. The van der Waals surface area contributed by atoms with E-state index in [2.05, 4.69) is 43.1 Å². The van der Waals surface area contributed by atoms with Crippen molar-refractivity contribution in [2.75, 3.05) is 19.5 Å². The average molecular weight is 455 g/mol. The van der Waals surface area contributed by atoms with Crippen molar-refractivity contribution < 1.29 is 19.3 Å². The molecule has 8 nitrogen and oxygen atoms in total. The number of hydrogen-bond donors (Lipinski definition) is 2. The Morgan fingerprint density at radius 2 is 1.93 bits per heavy atom. The minimum atomic E-state index is -1.02. The fourth-order valence-electron chi connectivity index (χ4n) is 2.49. The first-order valence-electron chi connectivity index (χ1n) is 8.98. The smallest absolute Gasteiger partial charge is 0.327 e. The Bertz CT molecular complexity index is 811. The van der Waals surface area contributed by atoms with Gasteiger partial charge in [-0.1, -0.05) is 13.3 Å². The summed E-state index contributed by atoms with van der Waals surface area (Å²) in [5.74, 6) is 1.72. The number of aromatic nitrogens is 3. The zero-order valence-corrected chi connectivity index (χ0v) is 18.6. The number of hydrogen-bond acceptors (Lipinski definition) is 8. The van der Waals surface area contributed by atoms with Crippen LogP contribution < -0.4 is 14.8 Å². The van der Waals surface area contributed by atoms with Crippen molar-refractivity contribution in [1.82, 2.24) is 15.0 Å². The third-order valence-electron chi connectivity index (χ3n) is 3.98. The molecule has 9 heteroatoms. The van der Waals surface area contributed by atoms with E-state index in [1.165, 1.54) is 7.11 Å². The van der Waals surface area contributed by atoms with Crippen molar-refractivity contribution in [2.24, 2.45) is 0 Å². The van der Waals surface area contributed by atoms with E-state index in [0.717, 1.165) is 12.8 Å². The molecule has 0 aliphatic carbocycles. The van der Waals surface area contributed by atoms with Crippen LogP contribution in [0.25, 0.3) is 0 Å². The second-order valence-electron chi connectivity index (χ2n) is 6.80. The first kappa shape index (κ1) is 22.3. The summed E-state index contributed by atoms with van der Waals surface area (Å²) in [6.07, 6.45) is 1.57. The van der Waals surface area contributed by atoms with Crippen LogP contribution in [0, 0.1) is 6.92 Å². The Morgan fingerprint density at radius 1 is 1.21 bits per heavy atom. The molecule has 0 saturated heterocycles. The fourth-order valence-corrected chi connectivity index (χ4v) is 3.01. The molecule has 1 aromatic heterocycles. The summed E-state index contributed by atoms with van der Waals surface area (Å²) in [4.78, 5) is 12.9. The van der Waals surface area contributed by atoms with Gasteiger partial charge in [-0.25, -0.2) is 0 Å². The number of benzene rings is 1. The number of aryl methyl sites for hydroxylation is 1. The van der Waals surface area contributed by atoms with Crippen LogP contribution in [0.5, 0.6) is 17.5 Å². The van der Waals surface area contributed by atoms with Crippen molar-refractivity contribution >= 4 is 21.9 Å². The van der Waals surface area contributed by atoms with Crippen molar-refractivity contribution in [3.63, 3.8) is 0 Å². The maximum atomic E-state index is 10.3. The highest BCUT2D eigenvalue weighted by Crippen LogP contribution is 2.41. The van der Waals surface area contributed by atoms with Crippen molar-refractivity contribution in [3.05, 3.63) is 28.0 Å². The number of anilines is 1. The van der Waals surface area contributed by atoms with Gasteiger partial charge >= 0.3 is 6.01 Å². The number of rotatable bonds is 9. The largest absolute Gasteiger partial charge is 0.493 e. The molecule has 1 heterocycles. The van der Waals surface area contributed by atoms with E-state index in [4.69, 9.17) is 14.2 Å². The summed E-state index contributed by atoms with van der Waals surface area (Å²) in [5.41, 5.74) is -0.343. The van der Waals surface area contributed by atoms with Crippen LogP contribution in [0.2, 0.25) is 0 Å². The molecule has 0 fully saturated rings. The topological polar surface area (TPSA) is 98.6 Å². The van der Waals surface area contributed by atoms with Crippen LogP contribution in [0.1, 0.15) is 45.0 Å². The minimum absolute atomic E-state index is 0.122. The predicted octanol–water partition coefficient (Wildman–Crippen LogP) is 4.16. The second-order valence-corrected chi connectivity index (χ2v) is 7.65. The van der Waals surface area contributed by atoms with Gasteiger partial charge in [-0.2, -0.15) is 15.0 Å². The second kappa shape index (κ2) is 9.49. The van der Waals surface area contributed by atoms with Gasteiger partial charge in [0.05, 0.1) is 17.2 Å². The van der Waals surface area contributed by atoms with E-state index in [9.17, 15) is 5.11 Å². The molecule has 1 atom stereocenters. The van der Waals surface area contributed by atoms with Crippen LogP contribution in [0.3, 0.4) is 0 Å². The molecule has 0 aliphatic rings. The average Bonchev–Trinajstić information content (AvgIpc) is 2.61. The van der Waals surface area contributed by atoms with Crippen LogP contribution >= 0.6 is 15.9 Å². The number of nitrogens with zero attached hydrogens (tertiary/aromatic N) is 3. The molecule has 0 bridgehead atoms. The Morgan fingerprint density at radius 3 is 2.50 bits per heavy atom. The summed E-state index contributed by atoms with van der Waals surface area (Å²) in [7, 11) is 3.16. The molecular weight excluding hydrogens is 428 g/mol. The van der Waals surface area contributed by atoms with E-state index >= 15 is 0 Å². The van der Waals surface area contributed by atoms with Crippen LogP contribution in [0.15, 0.2) is 16.6 Å². The molecule has 0 aliphatic heterocycles. The van der Waals surface area contributed by atoms with E-state index in [1.807, 2.05) is 0 Å². The number of halogens is 1. The van der Waals surface area contributed by atoms with Crippen molar-refractivity contribution in [1.29, 1.82) is 0 Å². The summed E-state index contributed by atoms with van der Waals surface area (Å²) < 4.78 is 17.3. The van der Waals surface area contributed by atoms with Gasteiger partial charge in [0, 0.05) is 7.11 Å². The molecular formula is C19H27BrN4O4. The lowest BCUT2D eigenvalue weighted by Crippen LogP contribution is -2.23. The lowest BCUT2D eigenvalue weighted by atomic mass is 9.98. The van der Waals surface area contributed by atoms with E-state index in [0.29, 0.717) is 33.3 Å². The van der Waals surface area contributed by atoms with Gasteiger partial charge in [0.25, 0.3) is 0 Å². The third-order valence-corrected chi connectivity index (χ3v) is 4.57. The highest BCUT2D eigenvalue weighted by Gasteiger charge is 2.22. The molecule has 28 heavy (non-hydrogen) atoms. The van der Waals surface area contributed by atoms with Crippen LogP contribution in [-0.2, 0) is 10.3 Å². The van der Waals surface area contributed by atoms with Crippen LogP contribution in [0.4, 0.5) is 5.95 Å². The Hall–Kier alpha value is -1.97. The summed E-state index contributed by atoms with van der Waals surface area (Å²) in [6.45, 7) is 7.22.